The summed E-state index contributed by atoms with van der Waals surface area (Å²) in [4.78, 5) is 29.8. The number of amides is 1. The maximum absolute atomic E-state index is 13.7. The number of hydrogen-bond donors (Lipinski definition) is 1. The van der Waals surface area contributed by atoms with Crippen LogP contribution in [0.15, 0.2) is 69.0 Å². The number of ether oxygens (including phenoxy) is 2. The zero-order valence-electron chi connectivity index (χ0n) is 21.7. The Morgan fingerprint density at radius 2 is 1.89 bits per heavy atom. The van der Waals surface area contributed by atoms with Crippen LogP contribution in [0.5, 0.6) is 11.5 Å². The maximum Gasteiger partial charge on any atom is 0.282 e. The summed E-state index contributed by atoms with van der Waals surface area (Å²) in [6.07, 6.45) is 1.51. The first-order valence-corrected chi connectivity index (χ1v) is 13.0. The number of nitrogens with zero attached hydrogens (tertiary/aromatic N) is 3. The molecule has 0 fully saturated rings. The summed E-state index contributed by atoms with van der Waals surface area (Å²) in [5, 5.41) is 5.02. The van der Waals surface area contributed by atoms with Gasteiger partial charge in [-0.25, -0.2) is 4.98 Å². The lowest BCUT2D eigenvalue weighted by atomic mass is 9.96. The molecule has 0 spiro atoms. The first-order chi connectivity index (χ1) is 18.2. The molecule has 8 nitrogen and oxygen atoms in total. The van der Waals surface area contributed by atoms with Crippen molar-refractivity contribution in [3.63, 3.8) is 0 Å². The maximum atomic E-state index is 13.7. The van der Waals surface area contributed by atoms with Gasteiger partial charge in [0, 0.05) is 15.6 Å². The van der Waals surface area contributed by atoms with Crippen molar-refractivity contribution < 1.29 is 14.3 Å². The summed E-state index contributed by atoms with van der Waals surface area (Å²) in [5.41, 5.74) is 8.76. The van der Waals surface area contributed by atoms with Crippen LogP contribution in [0.2, 0.25) is 0 Å². The zero-order chi connectivity index (χ0) is 27.4. The molecule has 38 heavy (non-hydrogen) atoms. The SMILES string of the molecule is CCOc1cc(C)c(-c2nc3ccccc3c(=O)n2N=Cc2cc(Br)ccc2OCC(N)=O)cc1C(C)C. The highest BCUT2D eigenvalue weighted by atomic mass is 79.9. The topological polar surface area (TPSA) is 109 Å². The fraction of sp³-hybridized carbons (Fsp3) is 0.241. The second-order valence-electron chi connectivity index (χ2n) is 9.04. The van der Waals surface area contributed by atoms with E-state index in [-0.39, 0.29) is 18.1 Å². The van der Waals surface area contributed by atoms with Crippen LogP contribution < -0.4 is 20.8 Å². The Kier molecular flexibility index (Phi) is 8.26. The number of fused-ring (bicyclic) bond motifs is 1. The standard InChI is InChI=1S/C29H29BrN4O4/c1-5-37-26-12-18(4)23(14-22(26)17(2)3)28-33-24-9-7-6-8-21(24)29(36)34(28)32-15-19-13-20(30)10-11-25(19)38-16-27(31)35/h6-15,17H,5,16H2,1-4H3,(H2,31,35). The molecular weight excluding hydrogens is 548 g/mol. The first-order valence-electron chi connectivity index (χ1n) is 12.2. The highest BCUT2D eigenvalue weighted by Gasteiger charge is 2.18. The van der Waals surface area contributed by atoms with Gasteiger partial charge in [-0.1, -0.05) is 41.9 Å². The van der Waals surface area contributed by atoms with E-state index in [4.69, 9.17) is 20.2 Å². The lowest BCUT2D eigenvalue weighted by molar-refractivity contribution is -0.119. The molecule has 1 amide bonds. The van der Waals surface area contributed by atoms with E-state index in [2.05, 4.69) is 34.9 Å². The molecule has 0 bridgehead atoms. The van der Waals surface area contributed by atoms with Crippen molar-refractivity contribution >= 4 is 39.0 Å². The molecule has 0 saturated heterocycles. The lowest BCUT2D eigenvalue weighted by Crippen LogP contribution is -2.21. The van der Waals surface area contributed by atoms with E-state index in [1.54, 1.807) is 30.3 Å². The number of nitrogens with two attached hydrogens (primary N) is 1. The number of hydrogen-bond acceptors (Lipinski definition) is 6. The first kappa shape index (κ1) is 27.1. The van der Waals surface area contributed by atoms with Gasteiger partial charge in [-0.05, 0) is 73.4 Å². The summed E-state index contributed by atoms with van der Waals surface area (Å²) < 4.78 is 13.5. The van der Waals surface area contributed by atoms with Crippen molar-refractivity contribution in [1.82, 2.24) is 9.66 Å². The van der Waals surface area contributed by atoms with Gasteiger partial charge >= 0.3 is 0 Å². The fourth-order valence-electron chi connectivity index (χ4n) is 4.10. The van der Waals surface area contributed by atoms with Crippen LogP contribution in [0, 0.1) is 6.92 Å². The smallest absolute Gasteiger partial charge is 0.282 e. The highest BCUT2D eigenvalue weighted by molar-refractivity contribution is 9.10. The van der Waals surface area contributed by atoms with Gasteiger partial charge in [-0.2, -0.15) is 9.78 Å². The van der Waals surface area contributed by atoms with Crippen molar-refractivity contribution in [3.05, 3.63) is 86.1 Å². The average Bonchev–Trinajstić information content (AvgIpc) is 2.87. The zero-order valence-corrected chi connectivity index (χ0v) is 23.3. The molecule has 0 radical (unpaired) electrons. The van der Waals surface area contributed by atoms with Gasteiger partial charge in [-0.15, -0.1) is 0 Å². The van der Waals surface area contributed by atoms with Gasteiger partial charge in [0.05, 0.1) is 23.7 Å². The molecule has 9 heteroatoms. The fourth-order valence-corrected chi connectivity index (χ4v) is 4.48. The summed E-state index contributed by atoms with van der Waals surface area (Å²) in [6.45, 7) is 8.37. The molecule has 2 N–H and O–H groups in total. The molecule has 3 aromatic carbocycles. The minimum Gasteiger partial charge on any atom is -0.494 e. The molecule has 196 valence electrons. The second kappa shape index (κ2) is 11.6. The Bertz CT molecular complexity index is 1590. The van der Waals surface area contributed by atoms with Crippen LogP contribution in [0.1, 0.15) is 43.4 Å². The van der Waals surface area contributed by atoms with E-state index in [9.17, 15) is 9.59 Å². The largest absolute Gasteiger partial charge is 0.494 e. The van der Waals surface area contributed by atoms with Crippen molar-refractivity contribution in [1.29, 1.82) is 0 Å². The minimum atomic E-state index is -0.597. The molecule has 0 aliphatic rings. The van der Waals surface area contributed by atoms with Crippen LogP contribution in [-0.2, 0) is 4.79 Å². The molecule has 0 saturated carbocycles. The van der Waals surface area contributed by atoms with Gasteiger partial charge in [-0.3, -0.25) is 9.59 Å². The second-order valence-corrected chi connectivity index (χ2v) is 9.96. The monoisotopic (exact) mass is 576 g/mol. The van der Waals surface area contributed by atoms with Crippen LogP contribution in [-0.4, -0.2) is 35.0 Å². The van der Waals surface area contributed by atoms with E-state index >= 15 is 0 Å². The molecule has 4 aromatic rings. The van der Waals surface area contributed by atoms with Crippen molar-refractivity contribution in [3.8, 4) is 22.9 Å². The summed E-state index contributed by atoms with van der Waals surface area (Å²) in [5.74, 6) is 1.21. The summed E-state index contributed by atoms with van der Waals surface area (Å²) >= 11 is 3.45. The number of aromatic nitrogens is 2. The van der Waals surface area contributed by atoms with Gasteiger partial charge in [0.25, 0.3) is 11.5 Å². The van der Waals surface area contributed by atoms with Gasteiger partial charge < -0.3 is 15.2 Å². The summed E-state index contributed by atoms with van der Waals surface area (Å²) in [7, 11) is 0. The highest BCUT2D eigenvalue weighted by Crippen LogP contribution is 2.34. The molecule has 4 rings (SSSR count). The Morgan fingerprint density at radius 1 is 1.13 bits per heavy atom. The van der Waals surface area contributed by atoms with E-state index < -0.39 is 5.91 Å². The van der Waals surface area contributed by atoms with Crippen molar-refractivity contribution in [2.24, 2.45) is 10.8 Å². The molecular formula is C29H29BrN4O4. The molecule has 0 atom stereocenters. The number of benzene rings is 3. The molecule has 0 aliphatic carbocycles. The summed E-state index contributed by atoms with van der Waals surface area (Å²) in [6, 6.07) is 16.4. The number of rotatable bonds is 9. The quantitative estimate of drug-likeness (QED) is 0.268. The van der Waals surface area contributed by atoms with Gasteiger partial charge in [0.1, 0.15) is 11.5 Å². The van der Waals surface area contributed by atoms with Crippen molar-refractivity contribution in [2.45, 2.75) is 33.6 Å². The molecule has 0 unspecified atom stereocenters. The predicted molar refractivity (Wildman–Crippen MR) is 153 cm³/mol. The molecule has 1 heterocycles. The molecule has 0 aliphatic heterocycles. The van der Waals surface area contributed by atoms with E-state index in [0.29, 0.717) is 34.6 Å². The van der Waals surface area contributed by atoms with Crippen LogP contribution in [0.25, 0.3) is 22.3 Å². The van der Waals surface area contributed by atoms with Gasteiger partial charge in [0.15, 0.2) is 12.4 Å². The Morgan fingerprint density at radius 3 is 2.61 bits per heavy atom. The Hall–Kier alpha value is -3.98. The van der Waals surface area contributed by atoms with E-state index in [0.717, 1.165) is 26.9 Å². The van der Waals surface area contributed by atoms with Crippen molar-refractivity contribution in [2.75, 3.05) is 13.2 Å². The third-order valence-electron chi connectivity index (χ3n) is 5.93. The third kappa shape index (κ3) is 5.78. The average molecular weight is 577 g/mol. The Balaban J connectivity index is 1.94. The number of halogens is 1. The Labute approximate surface area is 229 Å². The minimum absolute atomic E-state index is 0.187. The predicted octanol–water partition coefficient (Wildman–Crippen LogP) is 5.40. The van der Waals surface area contributed by atoms with Crippen LogP contribution in [0.3, 0.4) is 0 Å². The van der Waals surface area contributed by atoms with Crippen LogP contribution in [0.4, 0.5) is 0 Å². The number of para-hydroxylation sites is 1. The number of primary amides is 1. The van der Waals surface area contributed by atoms with Gasteiger partial charge in [0.2, 0.25) is 0 Å². The lowest BCUT2D eigenvalue weighted by Gasteiger charge is -2.18. The molecule has 1 aromatic heterocycles. The number of carbonyl (C=O) groups is 1. The van der Waals surface area contributed by atoms with E-state index in [1.807, 2.05) is 38.1 Å². The van der Waals surface area contributed by atoms with E-state index in [1.165, 1.54) is 10.9 Å². The number of carbonyl (C=O) groups excluding carboxylic acids is 1. The third-order valence-corrected chi connectivity index (χ3v) is 6.42. The normalized spacial score (nSPS) is 11.4. The number of aryl methyl sites for hydroxylation is 1. The van der Waals surface area contributed by atoms with Crippen LogP contribution >= 0.6 is 15.9 Å².